The van der Waals surface area contributed by atoms with Crippen LogP contribution in [0.5, 0.6) is 5.88 Å². The fraction of sp³-hybridized carbons (Fsp3) is 0.615. The molecule has 1 fully saturated rings. The fourth-order valence-electron chi connectivity index (χ4n) is 2.46. The summed E-state index contributed by atoms with van der Waals surface area (Å²) in [6.45, 7) is 1.82. The highest BCUT2D eigenvalue weighted by Gasteiger charge is 2.40. The minimum Gasteiger partial charge on any atom is -0.481 e. The number of carboxylic acid groups (broad SMARTS) is 1. The number of aliphatic carboxylic acids is 1. The second-order valence-electron chi connectivity index (χ2n) is 4.95. The first-order valence-electron chi connectivity index (χ1n) is 6.47. The summed E-state index contributed by atoms with van der Waals surface area (Å²) < 4.78 is 5.08. The maximum Gasteiger partial charge on any atom is 0.329 e. The lowest BCUT2D eigenvalue weighted by Crippen LogP contribution is -2.48. The predicted octanol–water partition coefficient (Wildman–Crippen LogP) is 1.99. The molecular weight excluding hydrogens is 246 g/mol. The van der Waals surface area contributed by atoms with Gasteiger partial charge in [0.2, 0.25) is 11.8 Å². The quantitative estimate of drug-likeness (QED) is 0.866. The molecule has 0 unspecified atom stereocenters. The molecule has 104 valence electrons. The van der Waals surface area contributed by atoms with Gasteiger partial charge in [-0.3, -0.25) is 0 Å². The van der Waals surface area contributed by atoms with Crippen molar-refractivity contribution in [2.75, 3.05) is 12.4 Å². The van der Waals surface area contributed by atoms with E-state index in [1.54, 1.807) is 6.07 Å². The number of rotatable bonds is 4. The number of nitrogens with one attached hydrogen (secondary N) is 1. The summed E-state index contributed by atoms with van der Waals surface area (Å²) in [7, 11) is 1.53. The van der Waals surface area contributed by atoms with Crippen molar-refractivity contribution < 1.29 is 14.6 Å². The van der Waals surface area contributed by atoms with Gasteiger partial charge in [-0.25, -0.2) is 9.78 Å². The van der Waals surface area contributed by atoms with Crippen molar-refractivity contribution in [1.29, 1.82) is 0 Å². The molecule has 1 aromatic rings. The van der Waals surface area contributed by atoms with Crippen LogP contribution < -0.4 is 10.1 Å². The van der Waals surface area contributed by atoms with Crippen molar-refractivity contribution in [3.8, 4) is 5.88 Å². The van der Waals surface area contributed by atoms with E-state index in [9.17, 15) is 9.90 Å². The molecular formula is C13H19N3O3. The van der Waals surface area contributed by atoms with Crippen LogP contribution in [0.15, 0.2) is 6.07 Å². The van der Waals surface area contributed by atoms with Gasteiger partial charge in [-0.05, 0) is 19.8 Å². The van der Waals surface area contributed by atoms with Crippen molar-refractivity contribution in [3.63, 3.8) is 0 Å². The van der Waals surface area contributed by atoms with E-state index in [4.69, 9.17) is 4.74 Å². The third-order valence-corrected chi connectivity index (χ3v) is 3.51. The largest absolute Gasteiger partial charge is 0.481 e. The molecule has 6 nitrogen and oxygen atoms in total. The zero-order chi connectivity index (χ0) is 13.9. The Morgan fingerprint density at radius 2 is 2.05 bits per heavy atom. The molecule has 1 heterocycles. The van der Waals surface area contributed by atoms with Crippen LogP contribution in [0, 0.1) is 6.92 Å². The van der Waals surface area contributed by atoms with Gasteiger partial charge in [-0.1, -0.05) is 19.3 Å². The number of hydrogen-bond donors (Lipinski definition) is 2. The van der Waals surface area contributed by atoms with Crippen molar-refractivity contribution >= 4 is 11.9 Å². The van der Waals surface area contributed by atoms with Crippen molar-refractivity contribution in [3.05, 3.63) is 11.8 Å². The third kappa shape index (κ3) is 2.94. The number of carboxylic acids is 1. The molecule has 0 spiro atoms. The lowest BCUT2D eigenvalue weighted by molar-refractivity contribution is -0.143. The van der Waals surface area contributed by atoms with Crippen LogP contribution >= 0.6 is 0 Å². The fourth-order valence-corrected chi connectivity index (χ4v) is 2.46. The first-order chi connectivity index (χ1) is 9.05. The number of carbonyl (C=O) groups is 1. The van der Waals surface area contributed by atoms with Crippen LogP contribution in [-0.2, 0) is 4.79 Å². The molecule has 19 heavy (non-hydrogen) atoms. The van der Waals surface area contributed by atoms with E-state index >= 15 is 0 Å². The van der Waals surface area contributed by atoms with Crippen LogP contribution in [0.25, 0.3) is 0 Å². The Hall–Kier alpha value is -1.85. The summed E-state index contributed by atoms with van der Waals surface area (Å²) in [6, 6.07) is 1.71. The number of hydrogen-bond acceptors (Lipinski definition) is 5. The molecule has 0 saturated heterocycles. The van der Waals surface area contributed by atoms with Gasteiger partial charge >= 0.3 is 5.97 Å². The van der Waals surface area contributed by atoms with Gasteiger partial charge in [0.25, 0.3) is 0 Å². The monoisotopic (exact) mass is 265 g/mol. The molecule has 1 aromatic heterocycles. The van der Waals surface area contributed by atoms with Crippen LogP contribution in [0.2, 0.25) is 0 Å². The van der Waals surface area contributed by atoms with E-state index in [2.05, 4.69) is 15.3 Å². The van der Waals surface area contributed by atoms with Gasteiger partial charge in [0.15, 0.2) is 0 Å². The Kier molecular flexibility index (Phi) is 3.87. The van der Waals surface area contributed by atoms with Gasteiger partial charge in [0, 0.05) is 11.8 Å². The molecule has 0 atom stereocenters. The molecule has 0 bridgehead atoms. The minimum absolute atomic E-state index is 0.321. The minimum atomic E-state index is -0.947. The SMILES string of the molecule is COc1cc(C)nc(NC2(C(=O)O)CCCCC2)n1. The highest BCUT2D eigenvalue weighted by atomic mass is 16.5. The Balaban J connectivity index is 2.26. The third-order valence-electron chi connectivity index (χ3n) is 3.51. The number of ether oxygens (including phenoxy) is 1. The number of aryl methyl sites for hydroxylation is 1. The molecule has 2 N–H and O–H groups in total. The Morgan fingerprint density at radius 3 is 2.63 bits per heavy atom. The highest BCUT2D eigenvalue weighted by Crippen LogP contribution is 2.31. The van der Waals surface area contributed by atoms with E-state index in [1.165, 1.54) is 7.11 Å². The highest BCUT2D eigenvalue weighted by molar-refractivity contribution is 5.82. The summed E-state index contributed by atoms with van der Waals surface area (Å²) in [6.07, 6.45) is 4.09. The van der Waals surface area contributed by atoms with E-state index < -0.39 is 11.5 Å². The average molecular weight is 265 g/mol. The number of methoxy groups -OCH3 is 1. The Morgan fingerprint density at radius 1 is 1.37 bits per heavy atom. The zero-order valence-corrected chi connectivity index (χ0v) is 11.3. The summed E-state index contributed by atoms with van der Waals surface area (Å²) in [5.41, 5.74) is -0.206. The molecule has 0 aliphatic heterocycles. The summed E-state index contributed by atoms with van der Waals surface area (Å²) in [5, 5.41) is 12.5. The lowest BCUT2D eigenvalue weighted by atomic mass is 9.82. The molecule has 0 radical (unpaired) electrons. The molecule has 6 heteroatoms. The van der Waals surface area contributed by atoms with E-state index in [0.717, 1.165) is 25.0 Å². The van der Waals surface area contributed by atoms with Crippen molar-refractivity contribution in [1.82, 2.24) is 9.97 Å². The summed E-state index contributed by atoms with van der Waals surface area (Å²) >= 11 is 0. The first-order valence-corrected chi connectivity index (χ1v) is 6.47. The van der Waals surface area contributed by atoms with Crippen LogP contribution in [0.1, 0.15) is 37.8 Å². The van der Waals surface area contributed by atoms with E-state index in [-0.39, 0.29) is 0 Å². The number of aromatic nitrogens is 2. The van der Waals surface area contributed by atoms with Crippen LogP contribution in [0.3, 0.4) is 0 Å². The second-order valence-corrected chi connectivity index (χ2v) is 4.95. The van der Waals surface area contributed by atoms with Crippen molar-refractivity contribution in [2.45, 2.75) is 44.6 Å². The molecule has 0 aromatic carbocycles. The summed E-state index contributed by atoms with van der Waals surface area (Å²) in [4.78, 5) is 20.0. The van der Waals surface area contributed by atoms with Gasteiger partial charge in [-0.2, -0.15) is 4.98 Å². The smallest absolute Gasteiger partial charge is 0.329 e. The summed E-state index contributed by atoms with van der Waals surface area (Å²) in [5.74, 6) is -0.0798. The maximum atomic E-state index is 11.6. The molecule has 0 amide bonds. The average Bonchev–Trinajstić information content (AvgIpc) is 2.38. The standard InChI is InChI=1S/C13H19N3O3/c1-9-8-10(19-2)15-12(14-9)16-13(11(17)18)6-4-3-5-7-13/h8H,3-7H2,1-2H3,(H,17,18)(H,14,15,16). The van der Waals surface area contributed by atoms with Gasteiger partial charge in [0.05, 0.1) is 7.11 Å². The maximum absolute atomic E-state index is 11.6. The van der Waals surface area contributed by atoms with Crippen molar-refractivity contribution in [2.24, 2.45) is 0 Å². The van der Waals surface area contributed by atoms with E-state index in [0.29, 0.717) is 24.7 Å². The lowest BCUT2D eigenvalue weighted by Gasteiger charge is -2.34. The first kappa shape index (κ1) is 13.6. The predicted molar refractivity (Wildman–Crippen MR) is 70.4 cm³/mol. The van der Waals surface area contributed by atoms with Crippen LogP contribution in [0.4, 0.5) is 5.95 Å². The van der Waals surface area contributed by atoms with Gasteiger partial charge < -0.3 is 15.2 Å². The molecule has 1 aliphatic carbocycles. The van der Waals surface area contributed by atoms with Gasteiger partial charge in [0.1, 0.15) is 5.54 Å². The topological polar surface area (TPSA) is 84.3 Å². The van der Waals surface area contributed by atoms with Crippen LogP contribution in [-0.4, -0.2) is 33.7 Å². The molecule has 1 aliphatic rings. The zero-order valence-electron chi connectivity index (χ0n) is 11.3. The number of nitrogens with zero attached hydrogens (tertiary/aromatic N) is 2. The second kappa shape index (κ2) is 5.42. The number of anilines is 1. The van der Waals surface area contributed by atoms with E-state index in [1.807, 2.05) is 6.92 Å². The molecule has 1 saturated carbocycles. The molecule has 2 rings (SSSR count). The Bertz CT molecular complexity index is 470. The normalized spacial score (nSPS) is 17.8. The van der Waals surface area contributed by atoms with Gasteiger partial charge in [-0.15, -0.1) is 0 Å². The Labute approximate surface area is 112 Å².